The molecule has 0 bridgehead atoms. The predicted octanol–water partition coefficient (Wildman–Crippen LogP) is 1.16. The molecule has 0 fully saturated rings. The predicted molar refractivity (Wildman–Crippen MR) is 47.2 cm³/mol. The Bertz CT molecular complexity index is 426. The van der Waals surface area contributed by atoms with Gasteiger partial charge in [-0.05, 0) is 6.07 Å². The highest BCUT2D eigenvalue weighted by Gasteiger charge is 2.17. The van der Waals surface area contributed by atoms with Crippen LogP contribution in [0.2, 0.25) is 0 Å². The SMILES string of the molecule is N#Cc1cc(C=O)c(CN)nc1C(F)F. The second kappa shape index (κ2) is 4.57. The highest BCUT2D eigenvalue weighted by atomic mass is 19.3. The number of nitrogens with two attached hydrogens (primary N) is 1. The molecule has 15 heavy (non-hydrogen) atoms. The third-order valence-corrected chi connectivity index (χ3v) is 1.81. The van der Waals surface area contributed by atoms with Gasteiger partial charge in [0.15, 0.2) is 6.29 Å². The lowest BCUT2D eigenvalue weighted by molar-refractivity contribution is 0.112. The van der Waals surface area contributed by atoms with Crippen LogP contribution < -0.4 is 5.73 Å². The van der Waals surface area contributed by atoms with Crippen LogP contribution >= 0.6 is 0 Å². The summed E-state index contributed by atoms with van der Waals surface area (Å²) in [7, 11) is 0. The molecule has 0 saturated carbocycles. The number of hydrogen-bond donors (Lipinski definition) is 1. The third-order valence-electron chi connectivity index (χ3n) is 1.81. The second-order valence-corrected chi connectivity index (χ2v) is 2.69. The minimum atomic E-state index is -2.86. The molecule has 1 rings (SSSR count). The molecule has 0 spiro atoms. The average molecular weight is 211 g/mol. The van der Waals surface area contributed by atoms with Gasteiger partial charge in [0, 0.05) is 12.1 Å². The maximum absolute atomic E-state index is 12.4. The van der Waals surface area contributed by atoms with Crippen LogP contribution in [0.25, 0.3) is 0 Å². The van der Waals surface area contributed by atoms with E-state index >= 15 is 0 Å². The number of aromatic nitrogens is 1. The number of rotatable bonds is 3. The maximum Gasteiger partial charge on any atom is 0.281 e. The smallest absolute Gasteiger partial charge is 0.281 e. The number of hydrogen-bond acceptors (Lipinski definition) is 4. The van der Waals surface area contributed by atoms with Crippen LogP contribution in [0.1, 0.15) is 33.7 Å². The van der Waals surface area contributed by atoms with E-state index in [-0.39, 0.29) is 23.4 Å². The first-order valence-electron chi connectivity index (χ1n) is 4.01. The number of alkyl halides is 2. The lowest BCUT2D eigenvalue weighted by Gasteiger charge is -2.06. The van der Waals surface area contributed by atoms with Gasteiger partial charge in [-0.25, -0.2) is 13.8 Å². The second-order valence-electron chi connectivity index (χ2n) is 2.69. The van der Waals surface area contributed by atoms with Gasteiger partial charge in [-0.15, -0.1) is 0 Å². The molecule has 0 radical (unpaired) electrons. The number of carbonyl (C=O) groups is 1. The fraction of sp³-hybridized carbons (Fsp3) is 0.222. The fourth-order valence-corrected chi connectivity index (χ4v) is 1.10. The molecule has 0 unspecified atom stereocenters. The lowest BCUT2D eigenvalue weighted by Crippen LogP contribution is -2.08. The van der Waals surface area contributed by atoms with Gasteiger partial charge in [0.1, 0.15) is 11.8 Å². The van der Waals surface area contributed by atoms with Gasteiger partial charge in [0.25, 0.3) is 6.43 Å². The minimum absolute atomic E-state index is 0.0680. The maximum atomic E-state index is 12.4. The molecule has 1 heterocycles. The van der Waals surface area contributed by atoms with Crippen molar-refractivity contribution in [3.63, 3.8) is 0 Å². The van der Waals surface area contributed by atoms with Crippen molar-refractivity contribution in [1.29, 1.82) is 5.26 Å². The van der Waals surface area contributed by atoms with Crippen molar-refractivity contribution in [3.05, 3.63) is 28.6 Å². The monoisotopic (exact) mass is 211 g/mol. The highest BCUT2D eigenvalue weighted by molar-refractivity contribution is 5.77. The van der Waals surface area contributed by atoms with Gasteiger partial charge in [0.2, 0.25) is 0 Å². The number of pyridine rings is 1. The van der Waals surface area contributed by atoms with E-state index in [1.165, 1.54) is 0 Å². The van der Waals surface area contributed by atoms with Crippen molar-refractivity contribution < 1.29 is 13.6 Å². The summed E-state index contributed by atoms with van der Waals surface area (Å²) in [5.41, 5.74) is 4.44. The molecule has 78 valence electrons. The molecule has 6 heteroatoms. The first-order valence-corrected chi connectivity index (χ1v) is 4.01. The number of aldehydes is 1. The zero-order valence-corrected chi connectivity index (χ0v) is 7.58. The Morgan fingerprint density at radius 1 is 1.67 bits per heavy atom. The summed E-state index contributed by atoms with van der Waals surface area (Å²) in [5.74, 6) is 0. The summed E-state index contributed by atoms with van der Waals surface area (Å²) in [6.45, 7) is -0.125. The van der Waals surface area contributed by atoms with E-state index in [1.54, 1.807) is 6.07 Å². The van der Waals surface area contributed by atoms with Crippen LogP contribution in [0.4, 0.5) is 8.78 Å². The van der Waals surface area contributed by atoms with Crippen LogP contribution in [0.15, 0.2) is 6.07 Å². The van der Waals surface area contributed by atoms with E-state index in [2.05, 4.69) is 4.98 Å². The summed E-state index contributed by atoms with van der Waals surface area (Å²) in [6, 6.07) is 2.63. The van der Waals surface area contributed by atoms with Crippen LogP contribution in [0.5, 0.6) is 0 Å². The molecule has 2 N–H and O–H groups in total. The van der Waals surface area contributed by atoms with E-state index in [0.717, 1.165) is 6.07 Å². The molecule has 4 nitrogen and oxygen atoms in total. The van der Waals surface area contributed by atoms with Gasteiger partial charge >= 0.3 is 0 Å². The lowest BCUT2D eigenvalue weighted by atomic mass is 10.1. The molecular weight excluding hydrogens is 204 g/mol. The zero-order valence-electron chi connectivity index (χ0n) is 7.58. The number of nitrogens with zero attached hydrogens (tertiary/aromatic N) is 2. The Morgan fingerprint density at radius 2 is 2.33 bits per heavy atom. The fourth-order valence-electron chi connectivity index (χ4n) is 1.10. The zero-order chi connectivity index (χ0) is 11.4. The largest absolute Gasteiger partial charge is 0.325 e. The van der Waals surface area contributed by atoms with Crippen molar-refractivity contribution in [3.8, 4) is 6.07 Å². The average Bonchev–Trinajstić information content (AvgIpc) is 2.26. The Kier molecular flexibility index (Phi) is 3.42. The first kappa shape index (κ1) is 11.2. The molecule has 0 aliphatic carbocycles. The normalized spacial score (nSPS) is 10.1. The quantitative estimate of drug-likeness (QED) is 0.761. The summed E-state index contributed by atoms with van der Waals surface area (Å²) < 4.78 is 24.8. The Labute approximate surface area is 84.3 Å². The van der Waals surface area contributed by atoms with Gasteiger partial charge in [-0.3, -0.25) is 4.79 Å². The third kappa shape index (κ3) is 2.14. The van der Waals surface area contributed by atoms with Crippen molar-refractivity contribution in [2.24, 2.45) is 5.73 Å². The Morgan fingerprint density at radius 3 is 2.73 bits per heavy atom. The van der Waals surface area contributed by atoms with E-state index in [4.69, 9.17) is 11.0 Å². The Balaban J connectivity index is 3.42. The van der Waals surface area contributed by atoms with Gasteiger partial charge < -0.3 is 5.73 Å². The highest BCUT2D eigenvalue weighted by Crippen LogP contribution is 2.22. The van der Waals surface area contributed by atoms with Crippen LogP contribution in [-0.4, -0.2) is 11.3 Å². The van der Waals surface area contributed by atoms with Gasteiger partial charge in [0.05, 0.1) is 11.3 Å². The molecule has 0 aliphatic heterocycles. The van der Waals surface area contributed by atoms with Crippen LogP contribution in [0, 0.1) is 11.3 Å². The molecule has 0 atom stereocenters. The van der Waals surface area contributed by atoms with Crippen molar-refractivity contribution in [2.75, 3.05) is 0 Å². The number of carbonyl (C=O) groups excluding carboxylic acids is 1. The topological polar surface area (TPSA) is 79.8 Å². The van der Waals surface area contributed by atoms with E-state index < -0.39 is 12.1 Å². The minimum Gasteiger partial charge on any atom is -0.325 e. The molecule has 0 aliphatic rings. The summed E-state index contributed by atoms with van der Waals surface area (Å²) in [4.78, 5) is 14.0. The van der Waals surface area contributed by atoms with Crippen LogP contribution in [-0.2, 0) is 6.54 Å². The van der Waals surface area contributed by atoms with Crippen molar-refractivity contribution >= 4 is 6.29 Å². The van der Waals surface area contributed by atoms with E-state index in [0.29, 0.717) is 6.29 Å². The molecule has 0 aromatic carbocycles. The summed E-state index contributed by atoms with van der Waals surface area (Å²) in [6.07, 6.45) is -2.42. The molecule has 1 aromatic heterocycles. The molecule has 0 saturated heterocycles. The van der Waals surface area contributed by atoms with Crippen molar-refractivity contribution in [1.82, 2.24) is 4.98 Å². The van der Waals surface area contributed by atoms with Gasteiger partial charge in [-0.2, -0.15) is 5.26 Å². The number of nitriles is 1. The summed E-state index contributed by atoms with van der Waals surface area (Å²) >= 11 is 0. The number of halogens is 2. The van der Waals surface area contributed by atoms with E-state index in [1.807, 2.05) is 0 Å². The molecule has 0 amide bonds. The Hall–Kier alpha value is -1.87. The first-order chi connectivity index (χ1) is 7.13. The standard InChI is InChI=1S/C9H7F2N3O/c10-9(11)8-5(2-12)1-6(4-15)7(3-13)14-8/h1,4,9H,3,13H2. The molecular formula is C9H7F2N3O. The van der Waals surface area contributed by atoms with Crippen LogP contribution in [0.3, 0.4) is 0 Å². The van der Waals surface area contributed by atoms with Crippen molar-refractivity contribution in [2.45, 2.75) is 13.0 Å². The molecule has 1 aromatic rings. The van der Waals surface area contributed by atoms with E-state index in [9.17, 15) is 13.6 Å². The van der Waals surface area contributed by atoms with Gasteiger partial charge in [-0.1, -0.05) is 0 Å². The summed E-state index contributed by atoms with van der Waals surface area (Å²) in [5, 5.41) is 8.58.